The summed E-state index contributed by atoms with van der Waals surface area (Å²) in [5.74, 6) is 0.842. The van der Waals surface area contributed by atoms with Crippen molar-refractivity contribution in [3.63, 3.8) is 0 Å². The van der Waals surface area contributed by atoms with E-state index in [0.717, 1.165) is 5.56 Å². The van der Waals surface area contributed by atoms with Gasteiger partial charge in [0.25, 0.3) is 5.69 Å². The fraction of sp³-hybridized carbons (Fsp3) is 0.0769. The Morgan fingerprint density at radius 1 is 1.26 bits per heavy atom. The van der Waals surface area contributed by atoms with Crippen LogP contribution >= 0.6 is 27.5 Å². The lowest BCUT2D eigenvalue weighted by Crippen LogP contribution is -1.90. The molecule has 0 unspecified atom stereocenters. The standard InChI is InChI=1S/C13H9BrClNO3/c14-8-9-4-5-13(12(15)6-9)19-11-3-1-2-10(7-11)16(17)18/h1-7H,8H2. The van der Waals surface area contributed by atoms with Crippen LogP contribution in [0, 0.1) is 10.1 Å². The lowest BCUT2D eigenvalue weighted by Gasteiger charge is -2.08. The molecule has 0 aliphatic heterocycles. The molecule has 6 heteroatoms. The van der Waals surface area contributed by atoms with Gasteiger partial charge in [-0.2, -0.15) is 0 Å². The number of non-ortho nitro benzene ring substituents is 1. The Morgan fingerprint density at radius 3 is 2.68 bits per heavy atom. The monoisotopic (exact) mass is 341 g/mol. The molecule has 2 aromatic carbocycles. The smallest absolute Gasteiger partial charge is 0.273 e. The van der Waals surface area contributed by atoms with Crippen LogP contribution in [-0.4, -0.2) is 4.92 Å². The third-order valence-electron chi connectivity index (χ3n) is 2.41. The molecule has 4 nitrogen and oxygen atoms in total. The summed E-state index contributed by atoms with van der Waals surface area (Å²) < 4.78 is 5.55. The molecule has 0 bridgehead atoms. The van der Waals surface area contributed by atoms with Gasteiger partial charge in [0.1, 0.15) is 11.5 Å². The molecule has 2 aromatic rings. The third-order valence-corrected chi connectivity index (χ3v) is 3.35. The summed E-state index contributed by atoms with van der Waals surface area (Å²) in [6.07, 6.45) is 0. The molecule has 0 fully saturated rings. The lowest BCUT2D eigenvalue weighted by atomic mass is 10.2. The van der Waals surface area contributed by atoms with Gasteiger partial charge in [0, 0.05) is 11.4 Å². The molecular formula is C13H9BrClNO3. The highest BCUT2D eigenvalue weighted by atomic mass is 79.9. The van der Waals surface area contributed by atoms with E-state index in [0.29, 0.717) is 21.9 Å². The highest BCUT2D eigenvalue weighted by Gasteiger charge is 2.09. The van der Waals surface area contributed by atoms with Crippen LogP contribution in [0.5, 0.6) is 11.5 Å². The summed E-state index contributed by atoms with van der Waals surface area (Å²) >= 11 is 9.41. The molecule has 0 aliphatic rings. The van der Waals surface area contributed by atoms with E-state index in [2.05, 4.69) is 15.9 Å². The third kappa shape index (κ3) is 3.45. The number of alkyl halides is 1. The van der Waals surface area contributed by atoms with E-state index in [1.807, 2.05) is 6.07 Å². The molecular weight excluding hydrogens is 334 g/mol. The zero-order chi connectivity index (χ0) is 13.8. The average Bonchev–Trinajstić information content (AvgIpc) is 2.41. The van der Waals surface area contributed by atoms with Gasteiger partial charge in [-0.15, -0.1) is 0 Å². The Morgan fingerprint density at radius 2 is 2.05 bits per heavy atom. The topological polar surface area (TPSA) is 52.4 Å². The van der Waals surface area contributed by atoms with Crippen molar-refractivity contribution in [3.05, 3.63) is 63.2 Å². The number of nitrogens with zero attached hydrogens (tertiary/aromatic N) is 1. The van der Waals surface area contributed by atoms with Gasteiger partial charge in [0.05, 0.1) is 16.0 Å². The minimum absolute atomic E-state index is 0.0225. The number of benzene rings is 2. The van der Waals surface area contributed by atoms with Crippen molar-refractivity contribution in [2.24, 2.45) is 0 Å². The predicted molar refractivity (Wildman–Crippen MR) is 77.3 cm³/mol. The van der Waals surface area contributed by atoms with Gasteiger partial charge in [-0.25, -0.2) is 0 Å². The van der Waals surface area contributed by atoms with Crippen LogP contribution in [0.1, 0.15) is 5.56 Å². The summed E-state index contributed by atoms with van der Waals surface area (Å²) in [7, 11) is 0. The van der Waals surface area contributed by atoms with E-state index in [-0.39, 0.29) is 5.69 Å². The number of nitro groups is 1. The van der Waals surface area contributed by atoms with Gasteiger partial charge in [-0.05, 0) is 23.8 Å². The van der Waals surface area contributed by atoms with Crippen molar-refractivity contribution >= 4 is 33.2 Å². The Bertz CT molecular complexity index is 619. The fourth-order valence-electron chi connectivity index (χ4n) is 1.50. The van der Waals surface area contributed by atoms with E-state index in [1.165, 1.54) is 12.1 Å². The molecule has 19 heavy (non-hydrogen) atoms. The van der Waals surface area contributed by atoms with Gasteiger partial charge in [-0.1, -0.05) is 39.7 Å². The number of halogens is 2. The Labute approximate surface area is 123 Å². The van der Waals surface area contributed by atoms with Gasteiger partial charge in [0.2, 0.25) is 0 Å². The SMILES string of the molecule is O=[N+]([O-])c1cccc(Oc2ccc(CBr)cc2Cl)c1. The van der Waals surface area contributed by atoms with Crippen LogP contribution in [0.3, 0.4) is 0 Å². The van der Waals surface area contributed by atoms with Crippen LogP contribution in [0.15, 0.2) is 42.5 Å². The molecule has 0 N–H and O–H groups in total. The van der Waals surface area contributed by atoms with Gasteiger partial charge >= 0.3 is 0 Å². The van der Waals surface area contributed by atoms with E-state index >= 15 is 0 Å². The molecule has 0 amide bonds. The molecule has 0 heterocycles. The molecule has 0 saturated heterocycles. The van der Waals surface area contributed by atoms with Crippen molar-refractivity contribution in [1.82, 2.24) is 0 Å². The maximum Gasteiger partial charge on any atom is 0.273 e. The number of rotatable bonds is 4. The number of hydrogen-bond donors (Lipinski definition) is 0. The normalized spacial score (nSPS) is 10.2. The largest absolute Gasteiger partial charge is 0.456 e. The maximum absolute atomic E-state index is 10.7. The van der Waals surface area contributed by atoms with Gasteiger partial charge in [-0.3, -0.25) is 10.1 Å². The second kappa shape index (κ2) is 6.04. The molecule has 2 rings (SSSR count). The second-order valence-electron chi connectivity index (χ2n) is 3.75. The molecule has 98 valence electrons. The van der Waals surface area contributed by atoms with E-state index in [9.17, 15) is 10.1 Å². The number of hydrogen-bond acceptors (Lipinski definition) is 3. The van der Waals surface area contributed by atoms with Crippen molar-refractivity contribution < 1.29 is 9.66 Å². The van der Waals surface area contributed by atoms with Crippen LogP contribution in [0.4, 0.5) is 5.69 Å². The molecule has 0 aromatic heterocycles. The van der Waals surface area contributed by atoms with Gasteiger partial charge in [0.15, 0.2) is 0 Å². The summed E-state index contributed by atoms with van der Waals surface area (Å²) in [6.45, 7) is 0. The molecule has 0 spiro atoms. The summed E-state index contributed by atoms with van der Waals surface area (Å²) in [4.78, 5) is 10.2. The Kier molecular flexibility index (Phi) is 4.39. The van der Waals surface area contributed by atoms with E-state index in [1.54, 1.807) is 24.3 Å². The maximum atomic E-state index is 10.7. The summed E-state index contributed by atoms with van der Waals surface area (Å²) in [5, 5.41) is 11.8. The first-order valence-electron chi connectivity index (χ1n) is 5.37. The predicted octanol–water partition coefficient (Wildman–Crippen LogP) is 4.94. The van der Waals surface area contributed by atoms with Crippen LogP contribution < -0.4 is 4.74 Å². The summed E-state index contributed by atoms with van der Waals surface area (Å²) in [5.41, 5.74) is 1.00. The van der Waals surface area contributed by atoms with Crippen molar-refractivity contribution in [3.8, 4) is 11.5 Å². The van der Waals surface area contributed by atoms with Crippen LogP contribution in [0.25, 0.3) is 0 Å². The lowest BCUT2D eigenvalue weighted by molar-refractivity contribution is -0.384. The Balaban J connectivity index is 2.26. The fourth-order valence-corrected chi connectivity index (χ4v) is 2.09. The zero-order valence-corrected chi connectivity index (χ0v) is 12.0. The molecule has 0 radical (unpaired) electrons. The minimum Gasteiger partial charge on any atom is -0.456 e. The van der Waals surface area contributed by atoms with E-state index in [4.69, 9.17) is 16.3 Å². The van der Waals surface area contributed by atoms with Crippen LogP contribution in [-0.2, 0) is 5.33 Å². The van der Waals surface area contributed by atoms with Crippen molar-refractivity contribution in [2.75, 3.05) is 0 Å². The zero-order valence-electron chi connectivity index (χ0n) is 9.68. The van der Waals surface area contributed by atoms with Crippen molar-refractivity contribution in [1.29, 1.82) is 0 Å². The molecule has 0 aliphatic carbocycles. The quantitative estimate of drug-likeness (QED) is 0.449. The average molecular weight is 343 g/mol. The van der Waals surface area contributed by atoms with Crippen molar-refractivity contribution in [2.45, 2.75) is 5.33 Å². The highest BCUT2D eigenvalue weighted by Crippen LogP contribution is 2.31. The van der Waals surface area contributed by atoms with Crippen LogP contribution in [0.2, 0.25) is 5.02 Å². The Hall–Kier alpha value is -1.59. The minimum atomic E-state index is -0.470. The highest BCUT2D eigenvalue weighted by molar-refractivity contribution is 9.08. The molecule has 0 atom stereocenters. The first-order valence-corrected chi connectivity index (χ1v) is 6.87. The number of nitro benzene ring substituents is 1. The van der Waals surface area contributed by atoms with Gasteiger partial charge < -0.3 is 4.74 Å². The first kappa shape index (κ1) is 13.8. The first-order chi connectivity index (χ1) is 9.10. The molecule has 0 saturated carbocycles. The second-order valence-corrected chi connectivity index (χ2v) is 4.72. The number of ether oxygens (including phenoxy) is 1. The van der Waals surface area contributed by atoms with E-state index < -0.39 is 4.92 Å². The summed E-state index contributed by atoms with van der Waals surface area (Å²) in [6, 6.07) is 11.3.